The van der Waals surface area contributed by atoms with Crippen LogP contribution in [0.1, 0.15) is 0 Å². The number of para-hydroxylation sites is 1. The molecule has 1 aromatic heterocycles. The SMILES string of the molecule is NS(=O)(=O)c1ccccc1NS(=O)(=O)c1cc(Cl)sc1Cl. The van der Waals surface area contributed by atoms with Crippen LogP contribution in [0.2, 0.25) is 8.67 Å². The molecule has 0 fully saturated rings. The molecular formula is C10H8Cl2N2O4S3. The molecule has 0 spiro atoms. The molecule has 0 aliphatic heterocycles. The zero-order chi connectivity index (χ0) is 15.8. The van der Waals surface area contributed by atoms with E-state index in [1.807, 2.05) is 0 Å². The Morgan fingerprint density at radius 1 is 1.05 bits per heavy atom. The van der Waals surface area contributed by atoms with Crippen LogP contribution in [0, 0.1) is 0 Å². The summed E-state index contributed by atoms with van der Waals surface area (Å²) in [6, 6.07) is 6.53. The van der Waals surface area contributed by atoms with Gasteiger partial charge in [-0.05, 0) is 18.2 Å². The smallest absolute Gasteiger partial charge is 0.264 e. The van der Waals surface area contributed by atoms with E-state index in [9.17, 15) is 16.8 Å². The number of thiophene rings is 1. The van der Waals surface area contributed by atoms with Crippen molar-refractivity contribution in [2.24, 2.45) is 5.14 Å². The van der Waals surface area contributed by atoms with Gasteiger partial charge < -0.3 is 0 Å². The third-order valence-corrected chi connectivity index (χ3v) is 6.44. The Labute approximate surface area is 135 Å². The highest BCUT2D eigenvalue weighted by atomic mass is 35.5. The number of rotatable bonds is 4. The fraction of sp³-hybridized carbons (Fsp3) is 0. The topological polar surface area (TPSA) is 106 Å². The van der Waals surface area contributed by atoms with Crippen molar-refractivity contribution >= 4 is 60.3 Å². The predicted octanol–water partition coefficient (Wildman–Crippen LogP) is 2.50. The van der Waals surface area contributed by atoms with Crippen LogP contribution in [-0.2, 0) is 20.0 Å². The third-order valence-electron chi connectivity index (χ3n) is 2.35. The second kappa shape index (κ2) is 5.75. The van der Waals surface area contributed by atoms with Crippen LogP contribution >= 0.6 is 34.5 Å². The molecule has 6 nitrogen and oxygen atoms in total. The van der Waals surface area contributed by atoms with Crippen LogP contribution in [0.15, 0.2) is 40.1 Å². The standard InChI is InChI=1S/C10H8Cl2N2O4S3/c11-9-5-8(10(12)19-9)21(17,18)14-6-3-1-2-4-7(6)20(13,15)16/h1-5,14H,(H2,13,15,16). The van der Waals surface area contributed by atoms with Gasteiger partial charge in [0, 0.05) is 0 Å². The minimum absolute atomic E-state index is 0.0272. The molecule has 0 atom stereocenters. The number of hydrogen-bond acceptors (Lipinski definition) is 5. The lowest BCUT2D eigenvalue weighted by molar-refractivity contribution is 0.598. The van der Waals surface area contributed by atoms with E-state index < -0.39 is 20.0 Å². The van der Waals surface area contributed by atoms with Gasteiger partial charge >= 0.3 is 0 Å². The molecule has 0 saturated heterocycles. The first-order chi connectivity index (χ1) is 9.61. The van der Waals surface area contributed by atoms with Gasteiger partial charge in [-0.3, -0.25) is 4.72 Å². The minimum Gasteiger partial charge on any atom is -0.278 e. The maximum atomic E-state index is 12.2. The van der Waals surface area contributed by atoms with Gasteiger partial charge in [-0.25, -0.2) is 22.0 Å². The zero-order valence-corrected chi connectivity index (χ0v) is 14.0. The third kappa shape index (κ3) is 3.68. The van der Waals surface area contributed by atoms with Gasteiger partial charge in [0.25, 0.3) is 10.0 Å². The summed E-state index contributed by atoms with van der Waals surface area (Å²) in [6.45, 7) is 0. The van der Waals surface area contributed by atoms with Crippen LogP contribution in [0.4, 0.5) is 5.69 Å². The number of halogens is 2. The first kappa shape index (κ1) is 16.5. The summed E-state index contributed by atoms with van der Waals surface area (Å²) in [6.07, 6.45) is 0. The quantitative estimate of drug-likeness (QED) is 0.841. The second-order valence-electron chi connectivity index (χ2n) is 3.84. The Balaban J connectivity index is 2.50. The highest BCUT2D eigenvalue weighted by Crippen LogP contribution is 2.35. The average Bonchev–Trinajstić information content (AvgIpc) is 2.68. The highest BCUT2D eigenvalue weighted by Gasteiger charge is 2.24. The van der Waals surface area contributed by atoms with E-state index in [2.05, 4.69) is 4.72 Å². The maximum absolute atomic E-state index is 12.2. The second-order valence-corrected chi connectivity index (χ2v) is 9.30. The number of sulfonamides is 2. The molecule has 0 aliphatic rings. The number of nitrogens with two attached hydrogens (primary N) is 1. The van der Waals surface area contributed by atoms with E-state index in [-0.39, 0.29) is 24.2 Å². The number of benzene rings is 1. The van der Waals surface area contributed by atoms with Gasteiger partial charge in [-0.1, -0.05) is 35.3 Å². The number of primary sulfonamides is 1. The first-order valence-electron chi connectivity index (χ1n) is 5.21. The van der Waals surface area contributed by atoms with Crippen molar-refractivity contribution in [2.45, 2.75) is 9.79 Å². The first-order valence-corrected chi connectivity index (χ1v) is 9.81. The summed E-state index contributed by atoms with van der Waals surface area (Å²) in [5, 5.41) is 5.04. The van der Waals surface area contributed by atoms with E-state index in [4.69, 9.17) is 28.3 Å². The molecule has 114 valence electrons. The minimum atomic E-state index is -4.08. The lowest BCUT2D eigenvalue weighted by Crippen LogP contribution is -2.18. The fourth-order valence-corrected chi connectivity index (χ4v) is 5.50. The molecule has 1 heterocycles. The summed E-state index contributed by atoms with van der Waals surface area (Å²) >= 11 is 12.4. The normalized spacial score (nSPS) is 12.3. The van der Waals surface area contributed by atoms with Crippen molar-refractivity contribution < 1.29 is 16.8 Å². The van der Waals surface area contributed by atoms with E-state index in [1.54, 1.807) is 0 Å². The summed E-state index contributed by atoms with van der Waals surface area (Å²) in [7, 11) is -8.16. The molecule has 0 radical (unpaired) electrons. The molecule has 0 saturated carbocycles. The lowest BCUT2D eigenvalue weighted by atomic mass is 10.3. The molecule has 0 amide bonds. The molecule has 2 rings (SSSR count). The summed E-state index contributed by atoms with van der Waals surface area (Å²) < 4.78 is 49.7. The van der Waals surface area contributed by atoms with E-state index >= 15 is 0 Å². The molecule has 0 bridgehead atoms. The predicted molar refractivity (Wildman–Crippen MR) is 83.0 cm³/mol. The van der Waals surface area contributed by atoms with Crippen molar-refractivity contribution in [2.75, 3.05) is 4.72 Å². The number of nitrogens with one attached hydrogen (secondary N) is 1. The zero-order valence-electron chi connectivity index (χ0n) is 10.1. The Kier molecular flexibility index (Phi) is 4.52. The van der Waals surface area contributed by atoms with Crippen LogP contribution < -0.4 is 9.86 Å². The summed E-state index contributed by atoms with van der Waals surface area (Å²) in [5.74, 6) is 0. The van der Waals surface area contributed by atoms with E-state index in [1.165, 1.54) is 30.3 Å². The number of anilines is 1. The molecule has 21 heavy (non-hydrogen) atoms. The van der Waals surface area contributed by atoms with Crippen molar-refractivity contribution in [1.82, 2.24) is 0 Å². The maximum Gasteiger partial charge on any atom is 0.264 e. The fourth-order valence-electron chi connectivity index (χ4n) is 1.51. The van der Waals surface area contributed by atoms with Crippen molar-refractivity contribution in [1.29, 1.82) is 0 Å². The van der Waals surface area contributed by atoms with Crippen molar-refractivity contribution in [3.05, 3.63) is 39.0 Å². The Hall–Kier alpha value is -0.840. The molecular weight excluding hydrogens is 379 g/mol. The molecule has 0 aliphatic carbocycles. The molecule has 3 N–H and O–H groups in total. The van der Waals surface area contributed by atoms with Crippen LogP contribution in [-0.4, -0.2) is 16.8 Å². The molecule has 2 aromatic rings. The van der Waals surface area contributed by atoms with Gasteiger partial charge in [0.05, 0.1) is 10.0 Å². The Morgan fingerprint density at radius 2 is 1.67 bits per heavy atom. The lowest BCUT2D eigenvalue weighted by Gasteiger charge is -2.10. The summed E-state index contributed by atoms with van der Waals surface area (Å²) in [4.78, 5) is -0.575. The van der Waals surface area contributed by atoms with Crippen LogP contribution in [0.25, 0.3) is 0 Å². The Morgan fingerprint density at radius 3 is 2.19 bits per heavy atom. The summed E-state index contributed by atoms with van der Waals surface area (Å²) in [5.41, 5.74) is -0.168. The molecule has 11 heteroatoms. The van der Waals surface area contributed by atoms with Crippen LogP contribution in [0.5, 0.6) is 0 Å². The van der Waals surface area contributed by atoms with Crippen LogP contribution in [0.3, 0.4) is 0 Å². The van der Waals surface area contributed by atoms with E-state index in [0.29, 0.717) is 0 Å². The van der Waals surface area contributed by atoms with Crippen molar-refractivity contribution in [3.8, 4) is 0 Å². The van der Waals surface area contributed by atoms with Gasteiger partial charge in [0.2, 0.25) is 10.0 Å². The largest absolute Gasteiger partial charge is 0.278 e. The highest BCUT2D eigenvalue weighted by molar-refractivity contribution is 7.93. The molecule has 1 aromatic carbocycles. The number of hydrogen-bond donors (Lipinski definition) is 2. The molecule has 0 unspecified atom stereocenters. The Bertz CT molecular complexity index is 891. The van der Waals surface area contributed by atoms with E-state index in [0.717, 1.165) is 11.3 Å². The van der Waals surface area contributed by atoms with Crippen molar-refractivity contribution in [3.63, 3.8) is 0 Å². The van der Waals surface area contributed by atoms with Gasteiger partial charge in [-0.15, -0.1) is 11.3 Å². The van der Waals surface area contributed by atoms with Gasteiger partial charge in [0.15, 0.2) is 0 Å². The van der Waals surface area contributed by atoms with Gasteiger partial charge in [-0.2, -0.15) is 0 Å². The van der Waals surface area contributed by atoms with Gasteiger partial charge in [0.1, 0.15) is 14.1 Å². The monoisotopic (exact) mass is 386 g/mol. The average molecular weight is 387 g/mol.